The van der Waals surface area contributed by atoms with E-state index in [2.05, 4.69) is 31.7 Å². The third-order valence-electron chi connectivity index (χ3n) is 10.3. The first-order chi connectivity index (χ1) is 21.5. The molecule has 2 saturated heterocycles. The number of benzene rings is 2. The van der Waals surface area contributed by atoms with Crippen LogP contribution in [0.5, 0.6) is 5.75 Å². The van der Waals surface area contributed by atoms with Crippen LogP contribution in [-0.4, -0.2) is 53.0 Å². The molecule has 1 saturated carbocycles. The highest BCUT2D eigenvalue weighted by Crippen LogP contribution is 2.38. The number of hydrogen-bond donors (Lipinski definition) is 6. The molecule has 1 amide bonds. The number of anilines is 1. The van der Waals surface area contributed by atoms with Crippen LogP contribution in [0.3, 0.4) is 0 Å². The molecule has 4 heterocycles. The number of nitrogens with one attached hydrogen (secondary N) is 6. The summed E-state index contributed by atoms with van der Waals surface area (Å²) >= 11 is 0. The van der Waals surface area contributed by atoms with Crippen molar-refractivity contribution in [1.29, 1.82) is 0 Å². The van der Waals surface area contributed by atoms with Crippen molar-refractivity contribution in [3.05, 3.63) is 70.8 Å². The Morgan fingerprint density at radius 2 is 1.84 bits per heavy atom. The summed E-state index contributed by atoms with van der Waals surface area (Å²) in [5, 5.41) is 26.1. The molecule has 234 valence electrons. The van der Waals surface area contributed by atoms with Gasteiger partial charge in [0, 0.05) is 35.4 Å². The molecule has 3 aliphatic heterocycles. The van der Waals surface area contributed by atoms with E-state index >= 15 is 0 Å². The lowest BCUT2D eigenvalue weighted by Gasteiger charge is -2.41. The zero-order chi connectivity index (χ0) is 30.0. The van der Waals surface area contributed by atoms with E-state index in [-0.39, 0.29) is 23.5 Å². The van der Waals surface area contributed by atoms with E-state index in [1.165, 1.54) is 38.5 Å². The average Bonchev–Trinajstić information content (AvgIpc) is 3.46. The van der Waals surface area contributed by atoms with Gasteiger partial charge in [-0.3, -0.25) is 20.5 Å². The van der Waals surface area contributed by atoms with E-state index in [4.69, 9.17) is 14.8 Å². The number of aromatic amines is 1. The SMILES string of the molecule is Cc1cccc2c1OCC[C@@H]2NC(=O)c1cccc(NC2(c3n[nH]c(C4CC5(CCCCCC5)NCN4)n3)CCNCC2)c1. The van der Waals surface area contributed by atoms with E-state index in [0.29, 0.717) is 12.2 Å². The Labute approximate surface area is 259 Å². The number of amides is 1. The summed E-state index contributed by atoms with van der Waals surface area (Å²) in [6.45, 7) is 5.17. The number of aromatic nitrogens is 3. The lowest BCUT2D eigenvalue weighted by atomic mass is 9.82. The number of para-hydroxylation sites is 1. The number of ether oxygens (including phenoxy) is 1. The van der Waals surface area contributed by atoms with Gasteiger partial charge < -0.3 is 20.7 Å². The molecule has 0 radical (unpaired) electrons. The molecule has 3 fully saturated rings. The average molecular weight is 599 g/mol. The summed E-state index contributed by atoms with van der Waals surface area (Å²) in [5.74, 6) is 2.53. The van der Waals surface area contributed by atoms with Gasteiger partial charge in [0.2, 0.25) is 0 Å². The molecule has 0 bridgehead atoms. The topological polar surface area (TPSA) is 128 Å². The summed E-state index contributed by atoms with van der Waals surface area (Å²) in [6.07, 6.45) is 11.2. The van der Waals surface area contributed by atoms with Crippen molar-refractivity contribution in [3.8, 4) is 5.75 Å². The van der Waals surface area contributed by atoms with E-state index in [9.17, 15) is 4.79 Å². The molecule has 6 N–H and O–H groups in total. The van der Waals surface area contributed by atoms with Crippen LogP contribution in [0.4, 0.5) is 5.69 Å². The molecule has 2 aromatic carbocycles. The smallest absolute Gasteiger partial charge is 0.251 e. The fourth-order valence-electron chi connectivity index (χ4n) is 7.77. The zero-order valence-electron chi connectivity index (χ0n) is 25.8. The molecular weight excluding hydrogens is 552 g/mol. The highest BCUT2D eigenvalue weighted by Gasteiger charge is 2.41. The number of fused-ring (bicyclic) bond motifs is 1. The van der Waals surface area contributed by atoms with Crippen LogP contribution in [0.2, 0.25) is 0 Å². The van der Waals surface area contributed by atoms with Crippen LogP contribution in [-0.2, 0) is 5.54 Å². The molecule has 1 unspecified atom stereocenters. The van der Waals surface area contributed by atoms with E-state index < -0.39 is 5.54 Å². The largest absolute Gasteiger partial charge is 0.493 e. The van der Waals surface area contributed by atoms with Gasteiger partial charge in [-0.1, -0.05) is 49.9 Å². The third kappa shape index (κ3) is 5.95. The fraction of sp³-hybridized carbons (Fsp3) is 0.559. The fourth-order valence-corrected chi connectivity index (χ4v) is 7.77. The predicted molar refractivity (Wildman–Crippen MR) is 171 cm³/mol. The molecular formula is C34H46N8O2. The third-order valence-corrected chi connectivity index (χ3v) is 10.3. The maximum absolute atomic E-state index is 13.5. The number of aryl methyl sites for hydroxylation is 1. The standard InChI is InChI=1S/C34H46N8O2/c1-23-8-6-11-26-27(12-19-44-29(23)26)38-31(43)24-9-7-10-25(20-24)40-34(15-17-35-18-16-34)32-39-30(41-42-32)28-21-33(37-22-36-28)13-4-2-3-5-14-33/h6-11,20,27-28,35-37,40H,2-5,12-19,21-22H2,1H3,(H,38,43)(H,39,41,42)/t27-,28?/m0/s1. The molecule has 2 atom stereocenters. The summed E-state index contributed by atoms with van der Waals surface area (Å²) in [4.78, 5) is 18.7. The maximum Gasteiger partial charge on any atom is 0.251 e. The molecule has 3 aromatic rings. The van der Waals surface area contributed by atoms with Gasteiger partial charge in [0.25, 0.3) is 5.91 Å². The van der Waals surface area contributed by atoms with Crippen LogP contribution < -0.4 is 31.3 Å². The first kappa shape index (κ1) is 29.3. The van der Waals surface area contributed by atoms with Crippen molar-refractivity contribution in [1.82, 2.24) is 36.4 Å². The van der Waals surface area contributed by atoms with Gasteiger partial charge in [-0.05, 0) is 75.9 Å². The molecule has 7 rings (SSSR count). The summed E-state index contributed by atoms with van der Waals surface area (Å²) in [6, 6.07) is 14.0. The highest BCUT2D eigenvalue weighted by molar-refractivity contribution is 5.95. The Kier molecular flexibility index (Phi) is 8.31. The molecule has 10 heteroatoms. The minimum Gasteiger partial charge on any atom is -0.493 e. The van der Waals surface area contributed by atoms with Gasteiger partial charge >= 0.3 is 0 Å². The van der Waals surface area contributed by atoms with Crippen molar-refractivity contribution in [2.24, 2.45) is 0 Å². The van der Waals surface area contributed by atoms with Gasteiger partial charge in [-0.15, -0.1) is 0 Å². The molecule has 1 spiro atoms. The second kappa shape index (κ2) is 12.5. The van der Waals surface area contributed by atoms with Crippen molar-refractivity contribution >= 4 is 11.6 Å². The molecule has 10 nitrogen and oxygen atoms in total. The van der Waals surface area contributed by atoms with Crippen molar-refractivity contribution in [2.75, 3.05) is 31.7 Å². The molecule has 1 aromatic heterocycles. The number of H-pyrrole nitrogens is 1. The number of carbonyl (C=O) groups is 1. The Bertz CT molecular complexity index is 1460. The van der Waals surface area contributed by atoms with E-state index in [1.807, 2.05) is 49.4 Å². The molecule has 1 aliphatic carbocycles. The zero-order valence-corrected chi connectivity index (χ0v) is 25.8. The minimum atomic E-state index is -0.431. The normalized spacial score (nSPS) is 24.5. The highest BCUT2D eigenvalue weighted by atomic mass is 16.5. The summed E-state index contributed by atoms with van der Waals surface area (Å²) < 4.78 is 5.92. The summed E-state index contributed by atoms with van der Waals surface area (Å²) in [5.41, 5.74) is 3.42. The van der Waals surface area contributed by atoms with Gasteiger partial charge in [0.15, 0.2) is 5.82 Å². The van der Waals surface area contributed by atoms with Crippen LogP contribution >= 0.6 is 0 Å². The van der Waals surface area contributed by atoms with Crippen LogP contribution in [0, 0.1) is 6.92 Å². The van der Waals surface area contributed by atoms with Gasteiger partial charge in [-0.25, -0.2) is 4.98 Å². The van der Waals surface area contributed by atoms with E-state index in [0.717, 1.165) is 79.7 Å². The lowest BCUT2D eigenvalue weighted by Crippen LogP contribution is -2.56. The van der Waals surface area contributed by atoms with Crippen molar-refractivity contribution < 1.29 is 9.53 Å². The van der Waals surface area contributed by atoms with Gasteiger partial charge in [0.1, 0.15) is 17.1 Å². The van der Waals surface area contributed by atoms with Crippen LogP contribution in [0.15, 0.2) is 42.5 Å². The first-order valence-electron chi connectivity index (χ1n) is 16.6. The second-order valence-corrected chi connectivity index (χ2v) is 13.2. The predicted octanol–water partition coefficient (Wildman–Crippen LogP) is 4.73. The van der Waals surface area contributed by atoms with Crippen LogP contribution in [0.25, 0.3) is 0 Å². The summed E-state index contributed by atoms with van der Waals surface area (Å²) in [7, 11) is 0. The van der Waals surface area contributed by atoms with Gasteiger partial charge in [-0.2, -0.15) is 5.10 Å². The lowest BCUT2D eigenvalue weighted by molar-refractivity contribution is 0.0924. The van der Waals surface area contributed by atoms with Crippen molar-refractivity contribution in [3.63, 3.8) is 0 Å². The Morgan fingerprint density at radius 1 is 1.02 bits per heavy atom. The monoisotopic (exact) mass is 598 g/mol. The van der Waals surface area contributed by atoms with E-state index in [1.54, 1.807) is 0 Å². The van der Waals surface area contributed by atoms with Gasteiger partial charge in [0.05, 0.1) is 18.7 Å². The Morgan fingerprint density at radius 3 is 2.68 bits per heavy atom. The number of piperidine rings is 1. The Hall–Kier alpha value is -3.47. The van der Waals surface area contributed by atoms with Crippen molar-refractivity contribution in [2.45, 2.75) is 94.3 Å². The minimum absolute atomic E-state index is 0.0778. The number of rotatable bonds is 6. The maximum atomic E-state index is 13.5. The number of nitrogens with zero attached hydrogens (tertiary/aromatic N) is 2. The molecule has 4 aliphatic rings. The Balaban J connectivity index is 1.09. The quantitative estimate of drug-likeness (QED) is 0.240. The second-order valence-electron chi connectivity index (χ2n) is 13.2. The number of carbonyl (C=O) groups excluding carboxylic acids is 1. The first-order valence-corrected chi connectivity index (χ1v) is 16.6. The van der Waals surface area contributed by atoms with Crippen LogP contribution in [0.1, 0.15) is 109 Å². The number of hydrogen-bond acceptors (Lipinski definition) is 8. The molecule has 44 heavy (non-hydrogen) atoms.